The number of aromatic nitrogens is 2. The summed E-state index contributed by atoms with van der Waals surface area (Å²) in [7, 11) is 0. The molecule has 19 heavy (non-hydrogen) atoms. The zero-order valence-electron chi connectivity index (χ0n) is 10.2. The maximum absolute atomic E-state index is 11.7. The molecule has 0 aromatic carbocycles. The molecular weight excluding hydrogens is 254 g/mol. The van der Waals surface area contributed by atoms with E-state index in [0.717, 1.165) is 4.57 Å². The fourth-order valence-electron chi connectivity index (χ4n) is 2.05. The summed E-state index contributed by atoms with van der Waals surface area (Å²) in [5.74, 6) is 0.0589. The molecule has 0 saturated carbocycles. The number of aliphatic hydroxyl groups excluding tert-OH is 3. The summed E-state index contributed by atoms with van der Waals surface area (Å²) in [5.41, 5.74) is 4.70. The molecule has 1 aromatic heterocycles. The highest BCUT2D eigenvalue weighted by Gasteiger charge is 2.35. The van der Waals surface area contributed by atoms with Crippen molar-refractivity contribution in [2.75, 3.05) is 12.3 Å². The van der Waals surface area contributed by atoms with E-state index in [1.54, 1.807) is 0 Å². The number of nitrogens with two attached hydrogens (primary N) is 1. The number of nitrogens with zero attached hydrogens (tertiary/aromatic N) is 2. The Labute approximate surface area is 109 Å². The molecule has 0 amide bonds. The van der Waals surface area contributed by atoms with Crippen LogP contribution < -0.4 is 11.4 Å². The number of hydrogen-bond acceptors (Lipinski definition) is 7. The first kappa shape index (κ1) is 13.9. The number of aliphatic hydroxyl groups is 3. The summed E-state index contributed by atoms with van der Waals surface area (Å²) in [6, 6.07) is 1.39. The van der Waals surface area contributed by atoms with E-state index < -0.39 is 30.2 Å². The van der Waals surface area contributed by atoms with Gasteiger partial charge in [0.25, 0.3) is 0 Å². The van der Waals surface area contributed by atoms with E-state index in [9.17, 15) is 15.0 Å². The van der Waals surface area contributed by atoms with E-state index in [4.69, 9.17) is 15.6 Å². The van der Waals surface area contributed by atoms with Gasteiger partial charge in [-0.1, -0.05) is 0 Å². The highest BCUT2D eigenvalue weighted by atomic mass is 16.5. The largest absolute Gasteiger partial charge is 0.394 e. The number of ether oxygens (including phenoxy) is 1. The van der Waals surface area contributed by atoms with Gasteiger partial charge >= 0.3 is 5.69 Å². The van der Waals surface area contributed by atoms with Gasteiger partial charge in [0, 0.05) is 6.20 Å². The minimum Gasteiger partial charge on any atom is -0.394 e. The van der Waals surface area contributed by atoms with Crippen LogP contribution in [0.5, 0.6) is 0 Å². The molecule has 1 aromatic rings. The second-order valence-electron chi connectivity index (χ2n) is 4.51. The SMILES string of the molecule is Nc1ccn([C@@H]2O[C@H](CO)CC[C@@H](O)[C@H]2O)c(=O)n1. The van der Waals surface area contributed by atoms with Gasteiger partial charge in [-0.15, -0.1) is 0 Å². The Morgan fingerprint density at radius 2 is 2.21 bits per heavy atom. The molecule has 1 aliphatic heterocycles. The summed E-state index contributed by atoms with van der Waals surface area (Å²) in [6.45, 7) is -0.257. The van der Waals surface area contributed by atoms with Gasteiger partial charge < -0.3 is 25.8 Å². The summed E-state index contributed by atoms with van der Waals surface area (Å²) in [5, 5.41) is 28.9. The van der Waals surface area contributed by atoms with Gasteiger partial charge in [0.15, 0.2) is 6.23 Å². The van der Waals surface area contributed by atoms with Crippen LogP contribution in [-0.2, 0) is 4.74 Å². The quantitative estimate of drug-likeness (QED) is 0.500. The molecule has 106 valence electrons. The zero-order valence-corrected chi connectivity index (χ0v) is 10.2. The van der Waals surface area contributed by atoms with Gasteiger partial charge in [0.2, 0.25) is 0 Å². The van der Waals surface area contributed by atoms with Crippen molar-refractivity contribution in [3.63, 3.8) is 0 Å². The molecule has 2 rings (SSSR count). The maximum atomic E-state index is 11.7. The van der Waals surface area contributed by atoms with Crippen LogP contribution in [0.25, 0.3) is 0 Å². The summed E-state index contributed by atoms with van der Waals surface area (Å²) >= 11 is 0. The van der Waals surface area contributed by atoms with Crippen LogP contribution in [0.2, 0.25) is 0 Å². The number of rotatable bonds is 2. The lowest BCUT2D eigenvalue weighted by molar-refractivity contribution is -0.139. The van der Waals surface area contributed by atoms with Crippen LogP contribution in [0.4, 0.5) is 5.82 Å². The average Bonchev–Trinajstić information content (AvgIpc) is 2.51. The number of nitrogen functional groups attached to an aromatic ring is 1. The molecule has 0 unspecified atom stereocenters. The van der Waals surface area contributed by atoms with Crippen molar-refractivity contribution in [2.24, 2.45) is 0 Å². The zero-order chi connectivity index (χ0) is 14.0. The Morgan fingerprint density at radius 1 is 1.47 bits per heavy atom. The molecule has 2 heterocycles. The van der Waals surface area contributed by atoms with Crippen molar-refractivity contribution in [3.05, 3.63) is 22.7 Å². The Morgan fingerprint density at radius 3 is 2.84 bits per heavy atom. The van der Waals surface area contributed by atoms with Crippen LogP contribution in [-0.4, -0.2) is 49.8 Å². The third kappa shape index (κ3) is 2.92. The van der Waals surface area contributed by atoms with E-state index in [2.05, 4.69) is 4.98 Å². The van der Waals surface area contributed by atoms with E-state index in [0.29, 0.717) is 6.42 Å². The molecule has 1 saturated heterocycles. The Hall–Kier alpha value is -1.48. The average molecular weight is 271 g/mol. The first-order chi connectivity index (χ1) is 9.02. The monoisotopic (exact) mass is 271 g/mol. The van der Waals surface area contributed by atoms with Gasteiger partial charge in [-0.05, 0) is 18.9 Å². The van der Waals surface area contributed by atoms with Crippen LogP contribution in [0, 0.1) is 0 Å². The summed E-state index contributed by atoms with van der Waals surface area (Å²) in [4.78, 5) is 15.3. The number of hydrogen-bond donors (Lipinski definition) is 4. The molecule has 5 N–H and O–H groups in total. The first-order valence-corrected chi connectivity index (χ1v) is 6.00. The third-order valence-electron chi connectivity index (χ3n) is 3.13. The van der Waals surface area contributed by atoms with Crippen molar-refractivity contribution in [3.8, 4) is 0 Å². The van der Waals surface area contributed by atoms with Crippen LogP contribution >= 0.6 is 0 Å². The summed E-state index contributed by atoms with van der Waals surface area (Å²) < 4.78 is 6.53. The molecule has 0 aliphatic carbocycles. The van der Waals surface area contributed by atoms with Crippen LogP contribution in [0.3, 0.4) is 0 Å². The molecule has 0 bridgehead atoms. The molecule has 8 heteroatoms. The standard InChI is InChI=1S/C11H17N3O5/c12-8-3-4-14(11(18)13-8)10-9(17)7(16)2-1-6(5-15)19-10/h3-4,6-7,9-10,15-17H,1-2,5H2,(H2,12,13,18)/t6-,7+,9+,10+/m0/s1. The molecule has 1 aliphatic rings. The third-order valence-corrected chi connectivity index (χ3v) is 3.13. The molecule has 8 nitrogen and oxygen atoms in total. The lowest BCUT2D eigenvalue weighted by atomic mass is 10.1. The van der Waals surface area contributed by atoms with Crippen molar-refractivity contribution in [1.29, 1.82) is 0 Å². The van der Waals surface area contributed by atoms with E-state index in [1.165, 1.54) is 12.3 Å². The minimum absolute atomic E-state index is 0.0589. The molecule has 0 radical (unpaired) electrons. The predicted octanol–water partition coefficient (Wildman–Crippen LogP) is -1.78. The first-order valence-electron chi connectivity index (χ1n) is 6.00. The van der Waals surface area contributed by atoms with Crippen LogP contribution in [0.15, 0.2) is 17.1 Å². The minimum atomic E-state index is -1.28. The molecular formula is C11H17N3O5. The van der Waals surface area contributed by atoms with Gasteiger partial charge in [0.1, 0.15) is 11.9 Å². The molecule has 1 fully saturated rings. The second kappa shape index (κ2) is 5.66. The van der Waals surface area contributed by atoms with Gasteiger partial charge in [-0.3, -0.25) is 4.57 Å². The molecule has 4 atom stereocenters. The molecule has 0 spiro atoms. The number of anilines is 1. The van der Waals surface area contributed by atoms with Gasteiger partial charge in [0.05, 0.1) is 18.8 Å². The highest BCUT2D eigenvalue weighted by Crippen LogP contribution is 2.25. The lowest BCUT2D eigenvalue weighted by Crippen LogP contribution is -2.40. The van der Waals surface area contributed by atoms with Crippen molar-refractivity contribution in [1.82, 2.24) is 9.55 Å². The van der Waals surface area contributed by atoms with Gasteiger partial charge in [-0.25, -0.2) is 4.79 Å². The Kier molecular flexibility index (Phi) is 4.15. The Balaban J connectivity index is 2.35. The van der Waals surface area contributed by atoms with Crippen molar-refractivity contribution in [2.45, 2.75) is 37.4 Å². The van der Waals surface area contributed by atoms with E-state index >= 15 is 0 Å². The van der Waals surface area contributed by atoms with E-state index in [1.807, 2.05) is 0 Å². The van der Waals surface area contributed by atoms with Crippen molar-refractivity contribution >= 4 is 5.82 Å². The second-order valence-corrected chi connectivity index (χ2v) is 4.51. The topological polar surface area (TPSA) is 131 Å². The van der Waals surface area contributed by atoms with E-state index in [-0.39, 0.29) is 18.8 Å². The summed E-state index contributed by atoms with van der Waals surface area (Å²) in [6.07, 6.45) is -1.96. The van der Waals surface area contributed by atoms with Crippen molar-refractivity contribution < 1.29 is 20.1 Å². The predicted molar refractivity (Wildman–Crippen MR) is 65.2 cm³/mol. The fourth-order valence-corrected chi connectivity index (χ4v) is 2.05. The lowest BCUT2D eigenvalue weighted by Gasteiger charge is -2.26. The smallest absolute Gasteiger partial charge is 0.351 e. The normalized spacial score (nSPS) is 31.9. The van der Waals surface area contributed by atoms with Crippen LogP contribution in [0.1, 0.15) is 19.1 Å². The fraction of sp³-hybridized carbons (Fsp3) is 0.636. The van der Waals surface area contributed by atoms with Gasteiger partial charge in [-0.2, -0.15) is 4.98 Å². The Bertz CT molecular complexity index is 491. The maximum Gasteiger partial charge on any atom is 0.351 e. The highest BCUT2D eigenvalue weighted by molar-refractivity contribution is 5.23.